The number of rotatable bonds is 4. The molecule has 1 fully saturated rings. The van der Waals surface area contributed by atoms with Gasteiger partial charge in [0.2, 0.25) is 0 Å². The molecule has 0 saturated carbocycles. The molecule has 0 bridgehead atoms. The third-order valence-electron chi connectivity index (χ3n) is 4.10. The van der Waals surface area contributed by atoms with Gasteiger partial charge in [-0.15, -0.1) is 0 Å². The highest BCUT2D eigenvalue weighted by Crippen LogP contribution is 2.11. The number of hydrogen-bond acceptors (Lipinski definition) is 4. The van der Waals surface area contributed by atoms with Gasteiger partial charge in [-0.3, -0.25) is 9.89 Å². The van der Waals surface area contributed by atoms with Gasteiger partial charge in [-0.1, -0.05) is 28.9 Å². The van der Waals surface area contributed by atoms with Crippen molar-refractivity contribution in [3.63, 3.8) is 0 Å². The lowest BCUT2D eigenvalue weighted by Gasteiger charge is -2.36. The van der Waals surface area contributed by atoms with E-state index in [1.54, 1.807) is 6.26 Å². The van der Waals surface area contributed by atoms with E-state index >= 15 is 0 Å². The van der Waals surface area contributed by atoms with Crippen molar-refractivity contribution in [1.82, 2.24) is 20.3 Å². The molecule has 1 aromatic heterocycles. The minimum atomic E-state index is 0.715. The highest BCUT2D eigenvalue weighted by molar-refractivity contribution is 6.30. The molecule has 1 N–H and O–H groups in total. The van der Waals surface area contributed by atoms with Gasteiger partial charge in [-0.25, -0.2) is 0 Å². The summed E-state index contributed by atoms with van der Waals surface area (Å²) < 4.78 is 4.89. The van der Waals surface area contributed by atoms with Crippen molar-refractivity contribution in [2.45, 2.75) is 13.1 Å². The van der Waals surface area contributed by atoms with E-state index in [2.05, 4.69) is 31.3 Å². The Balaban J connectivity index is 1.48. The van der Waals surface area contributed by atoms with Crippen LogP contribution in [0.2, 0.25) is 5.02 Å². The topological polar surface area (TPSA) is 56.9 Å². The summed E-state index contributed by atoms with van der Waals surface area (Å²) in [6.07, 6.45) is 1.62. The molecular formula is C17H22ClN5O. The maximum atomic E-state index is 6.03. The summed E-state index contributed by atoms with van der Waals surface area (Å²) in [6, 6.07) is 9.79. The SMILES string of the molecule is CN=C(NCc1cccc(Cl)c1)N1CCN(Cc2ccon2)CC1. The zero-order valence-electron chi connectivity index (χ0n) is 13.8. The van der Waals surface area contributed by atoms with Crippen LogP contribution in [0.1, 0.15) is 11.3 Å². The predicted molar refractivity (Wildman–Crippen MR) is 95.0 cm³/mol. The van der Waals surface area contributed by atoms with Gasteiger partial charge in [0.05, 0.1) is 5.69 Å². The smallest absolute Gasteiger partial charge is 0.194 e. The Morgan fingerprint density at radius 3 is 2.79 bits per heavy atom. The first-order chi connectivity index (χ1) is 11.7. The molecule has 1 aliphatic heterocycles. The molecule has 0 aliphatic carbocycles. The summed E-state index contributed by atoms with van der Waals surface area (Å²) in [5.74, 6) is 0.927. The van der Waals surface area contributed by atoms with E-state index in [1.165, 1.54) is 0 Å². The Bertz CT molecular complexity index is 665. The average Bonchev–Trinajstić information content (AvgIpc) is 3.10. The molecule has 24 heavy (non-hydrogen) atoms. The number of nitrogens with one attached hydrogen (secondary N) is 1. The lowest BCUT2D eigenvalue weighted by Crippen LogP contribution is -2.52. The first kappa shape index (κ1) is 16.8. The third kappa shape index (κ3) is 4.49. The molecule has 0 radical (unpaired) electrons. The van der Waals surface area contributed by atoms with Crippen molar-refractivity contribution < 1.29 is 4.52 Å². The zero-order valence-corrected chi connectivity index (χ0v) is 14.5. The van der Waals surface area contributed by atoms with E-state index in [-0.39, 0.29) is 0 Å². The summed E-state index contributed by atoms with van der Waals surface area (Å²) in [4.78, 5) is 9.06. The Morgan fingerprint density at radius 2 is 2.12 bits per heavy atom. The molecule has 0 spiro atoms. The Hall–Kier alpha value is -2.05. The second kappa shape index (κ2) is 8.17. The first-order valence-electron chi connectivity index (χ1n) is 8.06. The van der Waals surface area contributed by atoms with Gasteiger partial charge in [0.1, 0.15) is 6.26 Å². The van der Waals surface area contributed by atoms with Crippen LogP contribution in [0.3, 0.4) is 0 Å². The van der Waals surface area contributed by atoms with Crippen molar-refractivity contribution >= 4 is 17.6 Å². The molecule has 3 rings (SSSR count). The van der Waals surface area contributed by atoms with Crippen molar-refractivity contribution in [1.29, 1.82) is 0 Å². The largest absolute Gasteiger partial charge is 0.364 e. The number of piperazine rings is 1. The minimum absolute atomic E-state index is 0.715. The molecule has 6 nitrogen and oxygen atoms in total. The normalized spacial score (nSPS) is 16.4. The molecule has 0 amide bonds. The van der Waals surface area contributed by atoms with Gasteiger partial charge in [-0.2, -0.15) is 0 Å². The Labute approximate surface area is 147 Å². The van der Waals surface area contributed by atoms with Crippen LogP contribution in [-0.4, -0.2) is 54.1 Å². The van der Waals surface area contributed by atoms with E-state index in [4.69, 9.17) is 16.1 Å². The summed E-state index contributed by atoms with van der Waals surface area (Å²) in [6.45, 7) is 5.38. The molecule has 0 atom stereocenters. The molecule has 1 aliphatic rings. The number of aliphatic imine (C=N–C) groups is 1. The molecule has 2 heterocycles. The zero-order chi connectivity index (χ0) is 16.8. The average molecular weight is 348 g/mol. The van der Waals surface area contributed by atoms with Crippen LogP contribution < -0.4 is 5.32 Å². The predicted octanol–water partition coefficient (Wildman–Crippen LogP) is 2.22. The van der Waals surface area contributed by atoms with Crippen molar-refractivity contribution in [3.8, 4) is 0 Å². The van der Waals surface area contributed by atoms with Crippen LogP contribution in [-0.2, 0) is 13.1 Å². The van der Waals surface area contributed by atoms with Crippen LogP contribution >= 0.6 is 11.6 Å². The van der Waals surface area contributed by atoms with E-state index in [9.17, 15) is 0 Å². The second-order valence-corrected chi connectivity index (χ2v) is 6.22. The Kier molecular flexibility index (Phi) is 5.72. The number of benzene rings is 1. The molecule has 7 heteroatoms. The van der Waals surface area contributed by atoms with Crippen LogP contribution in [0.25, 0.3) is 0 Å². The highest BCUT2D eigenvalue weighted by Gasteiger charge is 2.20. The Morgan fingerprint density at radius 1 is 1.29 bits per heavy atom. The molecular weight excluding hydrogens is 326 g/mol. The van der Waals surface area contributed by atoms with Crippen LogP contribution in [0.5, 0.6) is 0 Å². The van der Waals surface area contributed by atoms with Gasteiger partial charge in [0.15, 0.2) is 5.96 Å². The van der Waals surface area contributed by atoms with E-state index in [0.717, 1.165) is 55.0 Å². The molecule has 0 unspecified atom stereocenters. The van der Waals surface area contributed by atoms with Crippen molar-refractivity contribution in [2.75, 3.05) is 33.2 Å². The fourth-order valence-electron chi connectivity index (χ4n) is 2.83. The maximum absolute atomic E-state index is 6.03. The van der Waals surface area contributed by atoms with Gasteiger partial charge >= 0.3 is 0 Å². The lowest BCUT2D eigenvalue weighted by molar-refractivity contribution is 0.169. The minimum Gasteiger partial charge on any atom is -0.364 e. The van der Waals surface area contributed by atoms with Crippen LogP contribution in [0.4, 0.5) is 0 Å². The monoisotopic (exact) mass is 347 g/mol. The van der Waals surface area contributed by atoms with Crippen molar-refractivity contribution in [2.24, 2.45) is 4.99 Å². The number of nitrogens with zero attached hydrogens (tertiary/aromatic N) is 4. The van der Waals surface area contributed by atoms with Gasteiger partial charge in [-0.05, 0) is 17.7 Å². The van der Waals surface area contributed by atoms with Crippen LogP contribution in [0, 0.1) is 0 Å². The third-order valence-corrected chi connectivity index (χ3v) is 4.34. The first-order valence-corrected chi connectivity index (χ1v) is 8.44. The van der Waals surface area contributed by atoms with Crippen LogP contribution in [0.15, 0.2) is 46.1 Å². The molecule has 2 aromatic rings. The fourth-order valence-corrected chi connectivity index (χ4v) is 3.04. The molecule has 1 saturated heterocycles. The summed E-state index contributed by atoms with van der Waals surface area (Å²) >= 11 is 6.03. The van der Waals surface area contributed by atoms with Crippen molar-refractivity contribution in [3.05, 3.63) is 52.9 Å². The van der Waals surface area contributed by atoms with Gasteiger partial charge < -0.3 is 14.7 Å². The quantitative estimate of drug-likeness (QED) is 0.679. The number of guanidine groups is 1. The molecule has 1 aromatic carbocycles. The lowest BCUT2D eigenvalue weighted by atomic mass is 10.2. The maximum Gasteiger partial charge on any atom is 0.194 e. The van der Waals surface area contributed by atoms with Gasteiger partial charge in [0, 0.05) is 57.4 Å². The standard InChI is InChI=1S/C17H22ClN5O/c1-19-17(20-12-14-3-2-4-15(18)11-14)23-8-6-22(7-9-23)13-16-5-10-24-21-16/h2-5,10-11H,6-9,12-13H2,1H3,(H,19,20). The van der Waals surface area contributed by atoms with E-state index < -0.39 is 0 Å². The van der Waals surface area contributed by atoms with E-state index in [0.29, 0.717) is 6.54 Å². The fraction of sp³-hybridized carbons (Fsp3) is 0.412. The second-order valence-electron chi connectivity index (χ2n) is 5.78. The summed E-state index contributed by atoms with van der Waals surface area (Å²) in [5.41, 5.74) is 2.13. The highest BCUT2D eigenvalue weighted by atomic mass is 35.5. The van der Waals surface area contributed by atoms with E-state index in [1.807, 2.05) is 31.3 Å². The molecule has 128 valence electrons. The van der Waals surface area contributed by atoms with Gasteiger partial charge in [0.25, 0.3) is 0 Å². The number of halogens is 1. The summed E-state index contributed by atoms with van der Waals surface area (Å²) in [7, 11) is 1.82. The number of hydrogen-bond donors (Lipinski definition) is 1. The summed E-state index contributed by atoms with van der Waals surface area (Å²) in [5, 5.41) is 8.14. The number of aromatic nitrogens is 1.